The Labute approximate surface area is 455 Å². The molecule has 0 saturated carbocycles. The molecule has 7 N–H and O–H groups in total. The molecule has 5 rings (SSSR count). The van der Waals surface area contributed by atoms with Crippen LogP contribution in [0, 0.1) is 39.7 Å². The van der Waals surface area contributed by atoms with Crippen LogP contribution in [0.5, 0.6) is 0 Å². The zero-order chi connectivity index (χ0) is 56.9. The minimum absolute atomic E-state index is 0.100. The van der Waals surface area contributed by atoms with Crippen LogP contribution < -0.4 is 5.32 Å². The zero-order valence-corrected chi connectivity index (χ0v) is 47.2. The van der Waals surface area contributed by atoms with Gasteiger partial charge in [0, 0.05) is 55.7 Å². The van der Waals surface area contributed by atoms with E-state index in [0.29, 0.717) is 37.1 Å². The third kappa shape index (κ3) is 14.3. The van der Waals surface area contributed by atoms with E-state index in [1.54, 1.807) is 47.7 Å². The van der Waals surface area contributed by atoms with Crippen LogP contribution in [0.3, 0.4) is 0 Å². The van der Waals surface area contributed by atoms with Gasteiger partial charge in [-0.2, -0.15) is 0 Å². The lowest BCUT2D eigenvalue weighted by atomic mass is 9.67. The first-order valence-corrected chi connectivity index (χ1v) is 27.1. The first kappa shape index (κ1) is 63.3. The molecule has 3 unspecified atom stereocenters. The van der Waals surface area contributed by atoms with Gasteiger partial charge in [-0.25, -0.2) is 4.68 Å². The molecule has 1 aromatic carbocycles. The molecule has 20 atom stereocenters. The number of alkyl halides is 2. The van der Waals surface area contributed by atoms with Gasteiger partial charge in [-0.15, -0.1) is 5.10 Å². The van der Waals surface area contributed by atoms with Crippen LogP contribution >= 0.6 is 23.2 Å². The van der Waals surface area contributed by atoms with Crippen LogP contribution in [-0.4, -0.2) is 189 Å². The highest BCUT2D eigenvalue weighted by atomic mass is 35.5. The topological polar surface area (TPSA) is 308 Å². The maximum atomic E-state index is 14.5. The van der Waals surface area contributed by atoms with Crippen molar-refractivity contribution in [1.82, 2.24) is 25.2 Å². The zero-order valence-electron chi connectivity index (χ0n) is 45.7. The van der Waals surface area contributed by atoms with Gasteiger partial charge in [0.2, 0.25) is 0 Å². The summed E-state index contributed by atoms with van der Waals surface area (Å²) in [5.41, 5.74) is -4.22. The number of nitro benzene ring substituents is 1. The third-order valence-corrected chi connectivity index (χ3v) is 16.8. The van der Waals surface area contributed by atoms with Crippen molar-refractivity contribution in [2.45, 2.75) is 203 Å². The molecule has 76 heavy (non-hydrogen) atoms. The lowest BCUT2D eigenvalue weighted by molar-refractivity contribution is -0.384. The SMILES string of the molecule is CC[C@H]1OC(=O)[C@H](C)C([C@H]2C[C@@](C)(OC)[C@@H](O)[C@H](C)O2)[C@H](C)[C@@H](O[C@@H]2O[C@H](C)C[C@H](N(C)CCCc3cn(C(c4ccc([N+](=O)[O-])cc4)C(CO)NC(=O)C(Cl)Cl)nn3)[C@H]2O)[C@](C)(O)C[C@@H](C)C(=O)[C@H](C)[C@@H](O)[C@]1(C)O. The molecular weight excluding hydrogens is 1040 g/mol. The van der Waals surface area contributed by atoms with Crippen molar-refractivity contribution in [3.63, 3.8) is 0 Å². The van der Waals surface area contributed by atoms with E-state index in [4.69, 9.17) is 46.9 Å². The fourth-order valence-corrected chi connectivity index (χ4v) is 12.1. The van der Waals surface area contributed by atoms with Crippen molar-refractivity contribution in [3.8, 4) is 0 Å². The normalized spacial score (nSPS) is 38.1. The number of aliphatic hydroxyl groups is 6. The molecule has 0 radical (unpaired) electrons. The number of non-ortho nitro benzene ring substituents is 1. The molecule has 0 aliphatic carbocycles. The maximum Gasteiger partial charge on any atom is 0.309 e. The third-order valence-electron chi connectivity index (χ3n) is 16.4. The molecule has 3 aliphatic heterocycles. The van der Waals surface area contributed by atoms with Gasteiger partial charge in [-0.1, -0.05) is 63.0 Å². The van der Waals surface area contributed by atoms with Gasteiger partial charge < -0.3 is 64.5 Å². The molecule has 1 aromatic heterocycles. The molecule has 430 valence electrons. The number of Topliss-reactive ketones (excluding diaryl/α,β-unsaturated/α-hetero) is 1. The fraction of sp³-hybridized carbons (Fsp3) is 0.788. The Morgan fingerprint density at radius 1 is 1.01 bits per heavy atom. The predicted octanol–water partition coefficient (Wildman–Crippen LogP) is 3.43. The van der Waals surface area contributed by atoms with Crippen LogP contribution in [-0.2, 0) is 44.5 Å². The number of ketones is 1. The Bertz CT molecular complexity index is 2260. The second-order valence-electron chi connectivity index (χ2n) is 22.3. The lowest BCUT2D eigenvalue weighted by Crippen LogP contribution is -2.62. The van der Waals surface area contributed by atoms with Gasteiger partial charge in [0.05, 0.1) is 70.9 Å². The summed E-state index contributed by atoms with van der Waals surface area (Å²) in [7, 11) is 3.32. The summed E-state index contributed by atoms with van der Waals surface area (Å²) in [6, 6.07) is 3.12. The highest BCUT2D eigenvalue weighted by molar-refractivity contribution is 6.53. The van der Waals surface area contributed by atoms with Crippen LogP contribution in [0.15, 0.2) is 30.5 Å². The Balaban J connectivity index is 1.44. The highest BCUT2D eigenvalue weighted by Crippen LogP contribution is 2.45. The summed E-state index contributed by atoms with van der Waals surface area (Å²) in [5.74, 6) is -6.72. The number of aryl methyl sites for hydroxylation is 1. The van der Waals surface area contributed by atoms with E-state index in [1.807, 2.05) is 18.9 Å². The highest BCUT2D eigenvalue weighted by Gasteiger charge is 2.56. The van der Waals surface area contributed by atoms with Gasteiger partial charge in [0.25, 0.3) is 11.6 Å². The van der Waals surface area contributed by atoms with E-state index in [-0.39, 0.29) is 24.9 Å². The molecule has 3 aliphatic rings. The summed E-state index contributed by atoms with van der Waals surface area (Å²) in [4.78, 5) is 52.6. The number of carbonyl (C=O) groups is 3. The van der Waals surface area contributed by atoms with Crippen molar-refractivity contribution >= 4 is 46.5 Å². The average Bonchev–Trinajstić information content (AvgIpc) is 3.83. The number of aliphatic hydroxyl groups excluding tert-OH is 4. The number of benzene rings is 1. The van der Waals surface area contributed by atoms with Crippen molar-refractivity contribution in [2.24, 2.45) is 29.6 Å². The van der Waals surface area contributed by atoms with E-state index in [1.165, 1.54) is 56.8 Å². The Morgan fingerprint density at radius 3 is 2.24 bits per heavy atom. The summed E-state index contributed by atoms with van der Waals surface area (Å²) < 4.78 is 33.2. The number of esters is 1. The van der Waals surface area contributed by atoms with Crippen molar-refractivity contribution in [1.29, 1.82) is 0 Å². The molecule has 0 spiro atoms. The summed E-state index contributed by atoms with van der Waals surface area (Å²) >= 11 is 11.6. The Kier molecular flexibility index (Phi) is 21.8. The van der Waals surface area contributed by atoms with Crippen LogP contribution in [0.1, 0.15) is 119 Å². The number of cyclic esters (lactones) is 1. The van der Waals surface area contributed by atoms with Crippen molar-refractivity contribution < 1.29 is 73.6 Å². The van der Waals surface area contributed by atoms with Gasteiger partial charge in [0.15, 0.2) is 11.1 Å². The molecule has 24 heteroatoms. The molecule has 2 aromatic rings. The number of nitrogens with one attached hydrogen (secondary N) is 1. The van der Waals surface area contributed by atoms with Crippen LogP contribution in [0.25, 0.3) is 0 Å². The molecular formula is C52H82Cl2N6O16. The van der Waals surface area contributed by atoms with Gasteiger partial charge in [-0.05, 0) is 104 Å². The van der Waals surface area contributed by atoms with E-state index in [2.05, 4.69) is 15.6 Å². The first-order chi connectivity index (χ1) is 35.4. The minimum atomic E-state index is -2.05. The van der Waals surface area contributed by atoms with E-state index < -0.39 is 154 Å². The molecule has 1 amide bonds. The largest absolute Gasteiger partial charge is 0.459 e. The smallest absolute Gasteiger partial charge is 0.309 e. The lowest BCUT2D eigenvalue weighted by Gasteiger charge is -2.51. The van der Waals surface area contributed by atoms with Crippen LogP contribution in [0.2, 0.25) is 0 Å². The van der Waals surface area contributed by atoms with E-state index in [9.17, 15) is 55.1 Å². The minimum Gasteiger partial charge on any atom is -0.459 e. The Hall–Kier alpha value is -3.49. The summed E-state index contributed by atoms with van der Waals surface area (Å²) in [5, 5.41) is 92.8. The summed E-state index contributed by atoms with van der Waals surface area (Å²) in [6.07, 6.45) is -6.98. The number of nitrogens with zero attached hydrogens (tertiary/aromatic N) is 5. The van der Waals surface area contributed by atoms with Crippen molar-refractivity contribution in [2.75, 3.05) is 27.3 Å². The molecule has 0 bridgehead atoms. The van der Waals surface area contributed by atoms with Crippen LogP contribution in [0.4, 0.5) is 5.69 Å². The Morgan fingerprint density at radius 2 is 1.66 bits per heavy atom. The average molecular weight is 1120 g/mol. The number of ether oxygens (including phenoxy) is 5. The van der Waals surface area contributed by atoms with E-state index >= 15 is 0 Å². The number of amides is 1. The number of hydrogen-bond acceptors (Lipinski definition) is 19. The number of hydrogen-bond donors (Lipinski definition) is 7. The first-order valence-electron chi connectivity index (χ1n) is 26.2. The molecule has 3 saturated heterocycles. The second kappa shape index (κ2) is 26.2. The maximum absolute atomic E-state index is 14.5. The predicted molar refractivity (Wildman–Crippen MR) is 278 cm³/mol. The number of methoxy groups -OCH3 is 1. The molecule has 3 fully saturated rings. The van der Waals surface area contributed by atoms with Gasteiger partial charge >= 0.3 is 5.97 Å². The standard InChI is InChI=1S/C52H82Cl2N6O16/c1-13-38-52(10,69)43(64)30(6)41(62)26(2)22-50(8,68)45(28(4)39(29(5)48(67)75-38)37-23-51(9,72-12)44(65)31(7)74-37)76-49-42(63)36(21-27(3)73-49)58(11)20-14-15-33-24-59(57-56-33)40(35(25-61)55-47(66)46(53)54)32-16-18-34(19-17-32)60(70)71/h16-19,24,26-31,35-40,42-46,49,61,63-65,68-69H,13-15,20-23,25H2,1-12H3,(H,55,66)/t26-,27-,28+,29-,30+,31+,35?,36+,37-,38-,39?,40?,42-,43-,44+,45-,49+,50-,51-,52-/m1/s1. The fourth-order valence-electron chi connectivity index (χ4n) is 12.0. The number of aromatic nitrogens is 3. The number of halogens is 2. The quantitative estimate of drug-likeness (QED) is 0.0516. The molecule has 4 heterocycles. The monoisotopic (exact) mass is 1120 g/mol. The number of carbonyl (C=O) groups excluding carboxylic acids is 3. The second-order valence-corrected chi connectivity index (χ2v) is 23.4. The van der Waals surface area contributed by atoms with Gasteiger partial charge in [-0.3, -0.25) is 24.5 Å². The molecule has 22 nitrogen and oxygen atoms in total. The number of likely N-dealkylation sites (N-methyl/N-ethyl adjacent to an activating group) is 1. The summed E-state index contributed by atoms with van der Waals surface area (Å²) in [6.45, 7) is 16.2. The van der Waals surface area contributed by atoms with E-state index in [0.717, 1.165) is 0 Å². The van der Waals surface area contributed by atoms with Crippen molar-refractivity contribution in [3.05, 3.63) is 51.8 Å². The number of nitro groups is 1. The number of rotatable bonds is 17. The van der Waals surface area contributed by atoms with Gasteiger partial charge in [0.1, 0.15) is 35.7 Å².